The lowest BCUT2D eigenvalue weighted by atomic mass is 10.1. The number of nitrogens with one attached hydrogen (secondary N) is 1. The zero-order valence-electron chi connectivity index (χ0n) is 9.60. The Labute approximate surface area is 97.1 Å². The van der Waals surface area contributed by atoms with E-state index in [9.17, 15) is 5.11 Å². The molecule has 0 aromatic heterocycles. The third-order valence-corrected chi connectivity index (χ3v) is 2.53. The van der Waals surface area contributed by atoms with Crippen molar-refractivity contribution in [2.45, 2.75) is 31.9 Å². The summed E-state index contributed by atoms with van der Waals surface area (Å²) in [4.78, 5) is 0. The second-order valence-corrected chi connectivity index (χ2v) is 3.97. The molecule has 0 heterocycles. The second kappa shape index (κ2) is 8.28. The van der Waals surface area contributed by atoms with Crippen molar-refractivity contribution >= 4 is 0 Å². The number of hydrogen-bond donors (Lipinski definition) is 3. The highest BCUT2D eigenvalue weighted by atomic mass is 16.3. The van der Waals surface area contributed by atoms with Gasteiger partial charge in [0.2, 0.25) is 0 Å². The van der Waals surface area contributed by atoms with Crippen LogP contribution in [0, 0.1) is 0 Å². The van der Waals surface area contributed by atoms with Gasteiger partial charge in [-0.3, -0.25) is 0 Å². The van der Waals surface area contributed by atoms with Gasteiger partial charge in [0.25, 0.3) is 0 Å². The summed E-state index contributed by atoms with van der Waals surface area (Å²) in [7, 11) is 0. The standard InChI is InChI=1S/C13H21NO2/c15-10-8-13(16)7-4-9-14-11-12-5-2-1-3-6-12/h1-3,5-6,13-16H,4,7-11H2. The van der Waals surface area contributed by atoms with E-state index in [0.29, 0.717) is 6.42 Å². The van der Waals surface area contributed by atoms with Crippen LogP contribution in [0.15, 0.2) is 30.3 Å². The van der Waals surface area contributed by atoms with Gasteiger partial charge in [0.05, 0.1) is 6.10 Å². The Hall–Kier alpha value is -0.900. The Bertz CT molecular complexity index is 264. The molecule has 90 valence electrons. The van der Waals surface area contributed by atoms with E-state index in [4.69, 9.17) is 5.11 Å². The maximum absolute atomic E-state index is 9.38. The van der Waals surface area contributed by atoms with Gasteiger partial charge in [0, 0.05) is 13.2 Å². The summed E-state index contributed by atoms with van der Waals surface area (Å²) in [6.07, 6.45) is 1.82. The summed E-state index contributed by atoms with van der Waals surface area (Å²) < 4.78 is 0. The monoisotopic (exact) mass is 223 g/mol. The largest absolute Gasteiger partial charge is 0.396 e. The Morgan fingerprint density at radius 1 is 1.12 bits per heavy atom. The van der Waals surface area contributed by atoms with Crippen molar-refractivity contribution in [1.82, 2.24) is 5.32 Å². The molecule has 16 heavy (non-hydrogen) atoms. The topological polar surface area (TPSA) is 52.5 Å². The van der Waals surface area contributed by atoms with Crippen molar-refractivity contribution in [3.63, 3.8) is 0 Å². The van der Waals surface area contributed by atoms with Crippen LogP contribution in [0.4, 0.5) is 0 Å². The average Bonchev–Trinajstić information content (AvgIpc) is 2.30. The summed E-state index contributed by atoms with van der Waals surface area (Å²) in [6.45, 7) is 1.84. The van der Waals surface area contributed by atoms with E-state index in [1.807, 2.05) is 18.2 Å². The molecule has 3 nitrogen and oxygen atoms in total. The molecule has 1 atom stereocenters. The van der Waals surface area contributed by atoms with Crippen LogP contribution in [0.1, 0.15) is 24.8 Å². The van der Waals surface area contributed by atoms with Crippen molar-refractivity contribution < 1.29 is 10.2 Å². The van der Waals surface area contributed by atoms with Crippen molar-refractivity contribution in [3.8, 4) is 0 Å². The lowest BCUT2D eigenvalue weighted by Crippen LogP contribution is -2.17. The predicted molar refractivity (Wildman–Crippen MR) is 65.1 cm³/mol. The highest BCUT2D eigenvalue weighted by Gasteiger charge is 2.01. The maximum Gasteiger partial charge on any atom is 0.0562 e. The van der Waals surface area contributed by atoms with Gasteiger partial charge in [0.15, 0.2) is 0 Å². The van der Waals surface area contributed by atoms with Crippen LogP contribution in [0.2, 0.25) is 0 Å². The number of hydrogen-bond acceptors (Lipinski definition) is 3. The van der Waals surface area contributed by atoms with Gasteiger partial charge in [-0.1, -0.05) is 30.3 Å². The normalized spacial score (nSPS) is 12.6. The van der Waals surface area contributed by atoms with Crippen LogP contribution in [0.25, 0.3) is 0 Å². The Morgan fingerprint density at radius 2 is 1.88 bits per heavy atom. The molecule has 0 saturated carbocycles. The fourth-order valence-corrected chi connectivity index (χ4v) is 1.58. The molecule has 0 spiro atoms. The van der Waals surface area contributed by atoms with Gasteiger partial charge < -0.3 is 15.5 Å². The Morgan fingerprint density at radius 3 is 2.56 bits per heavy atom. The second-order valence-electron chi connectivity index (χ2n) is 3.97. The van der Waals surface area contributed by atoms with E-state index in [1.54, 1.807) is 0 Å². The summed E-state index contributed by atoms with van der Waals surface area (Å²) in [5.74, 6) is 0. The molecule has 1 unspecified atom stereocenters. The van der Waals surface area contributed by atoms with Crippen molar-refractivity contribution in [1.29, 1.82) is 0 Å². The lowest BCUT2D eigenvalue weighted by Gasteiger charge is -2.09. The number of aliphatic hydroxyl groups is 2. The molecule has 0 radical (unpaired) electrons. The van der Waals surface area contributed by atoms with Gasteiger partial charge in [-0.2, -0.15) is 0 Å². The third kappa shape index (κ3) is 5.85. The molecular weight excluding hydrogens is 202 g/mol. The van der Waals surface area contributed by atoms with Gasteiger partial charge >= 0.3 is 0 Å². The van der Waals surface area contributed by atoms with E-state index in [0.717, 1.165) is 25.9 Å². The SMILES string of the molecule is OCCC(O)CCCNCc1ccccc1. The summed E-state index contributed by atoms with van der Waals surface area (Å²) in [6, 6.07) is 10.2. The first-order valence-electron chi connectivity index (χ1n) is 5.86. The molecule has 0 bridgehead atoms. The molecule has 1 rings (SSSR count). The first kappa shape index (κ1) is 13.2. The van der Waals surface area contributed by atoms with Gasteiger partial charge in [-0.05, 0) is 31.4 Å². The molecule has 0 fully saturated rings. The van der Waals surface area contributed by atoms with Crippen LogP contribution < -0.4 is 5.32 Å². The summed E-state index contributed by atoms with van der Waals surface area (Å²) in [5.41, 5.74) is 1.28. The first-order chi connectivity index (χ1) is 7.83. The first-order valence-corrected chi connectivity index (χ1v) is 5.86. The molecule has 1 aromatic rings. The van der Waals surface area contributed by atoms with E-state index in [-0.39, 0.29) is 12.7 Å². The molecule has 1 aromatic carbocycles. The maximum atomic E-state index is 9.38. The summed E-state index contributed by atoms with van der Waals surface area (Å²) in [5, 5.41) is 21.3. The summed E-state index contributed by atoms with van der Waals surface area (Å²) >= 11 is 0. The highest BCUT2D eigenvalue weighted by molar-refractivity contribution is 5.14. The molecule has 0 amide bonds. The molecule has 3 heteroatoms. The van der Waals surface area contributed by atoms with E-state index in [2.05, 4.69) is 17.4 Å². The molecule has 3 N–H and O–H groups in total. The number of benzene rings is 1. The zero-order valence-corrected chi connectivity index (χ0v) is 9.60. The minimum atomic E-state index is -0.358. The quantitative estimate of drug-likeness (QED) is 0.582. The van der Waals surface area contributed by atoms with E-state index >= 15 is 0 Å². The third-order valence-electron chi connectivity index (χ3n) is 2.53. The van der Waals surface area contributed by atoms with Gasteiger partial charge in [-0.15, -0.1) is 0 Å². The van der Waals surface area contributed by atoms with Crippen LogP contribution >= 0.6 is 0 Å². The minimum absolute atomic E-state index is 0.0681. The molecule has 0 aliphatic heterocycles. The van der Waals surface area contributed by atoms with Gasteiger partial charge in [-0.25, -0.2) is 0 Å². The molecule has 0 saturated heterocycles. The fraction of sp³-hybridized carbons (Fsp3) is 0.538. The lowest BCUT2D eigenvalue weighted by molar-refractivity contribution is 0.123. The Balaban J connectivity index is 2.00. The zero-order chi connectivity index (χ0) is 11.6. The van der Waals surface area contributed by atoms with Crippen molar-refractivity contribution in [3.05, 3.63) is 35.9 Å². The van der Waals surface area contributed by atoms with Crippen LogP contribution in [0.5, 0.6) is 0 Å². The van der Waals surface area contributed by atoms with Crippen molar-refractivity contribution in [2.75, 3.05) is 13.2 Å². The molecule has 0 aliphatic rings. The van der Waals surface area contributed by atoms with Crippen molar-refractivity contribution in [2.24, 2.45) is 0 Å². The van der Waals surface area contributed by atoms with Gasteiger partial charge in [0.1, 0.15) is 0 Å². The number of aliphatic hydroxyl groups excluding tert-OH is 2. The fourth-order valence-electron chi connectivity index (χ4n) is 1.58. The highest BCUT2D eigenvalue weighted by Crippen LogP contribution is 2.01. The van der Waals surface area contributed by atoms with Crippen LogP contribution in [0.3, 0.4) is 0 Å². The Kier molecular flexibility index (Phi) is 6.81. The molecule has 0 aliphatic carbocycles. The van der Waals surface area contributed by atoms with Crippen LogP contribution in [-0.2, 0) is 6.54 Å². The smallest absolute Gasteiger partial charge is 0.0562 e. The number of rotatable bonds is 8. The predicted octanol–water partition coefficient (Wildman–Crippen LogP) is 1.30. The molecular formula is C13H21NO2. The van der Waals surface area contributed by atoms with E-state index in [1.165, 1.54) is 5.56 Å². The van der Waals surface area contributed by atoms with Crippen LogP contribution in [-0.4, -0.2) is 29.5 Å². The average molecular weight is 223 g/mol. The van der Waals surface area contributed by atoms with E-state index < -0.39 is 0 Å². The minimum Gasteiger partial charge on any atom is -0.396 e.